The summed E-state index contributed by atoms with van der Waals surface area (Å²) in [5.74, 6) is 0.429. The zero-order valence-electron chi connectivity index (χ0n) is 9.87. The molecule has 7 heteroatoms. The molecule has 2 aliphatic heterocycles. The van der Waals surface area contributed by atoms with Crippen molar-refractivity contribution in [3.05, 3.63) is 16.6 Å². The van der Waals surface area contributed by atoms with Crippen LogP contribution in [0.4, 0.5) is 0 Å². The molecule has 0 bridgehead atoms. The Kier molecular flexibility index (Phi) is 4.55. The van der Waals surface area contributed by atoms with E-state index in [-0.39, 0.29) is 30.3 Å². The van der Waals surface area contributed by atoms with Gasteiger partial charge < -0.3 is 15.0 Å². The quantitative estimate of drug-likeness (QED) is 0.870. The average Bonchev–Trinajstić information content (AvgIpc) is 2.80. The van der Waals surface area contributed by atoms with Crippen molar-refractivity contribution in [2.24, 2.45) is 5.92 Å². The summed E-state index contributed by atoms with van der Waals surface area (Å²) in [7, 11) is 0. The van der Waals surface area contributed by atoms with Crippen LogP contribution in [0.25, 0.3) is 0 Å². The van der Waals surface area contributed by atoms with E-state index < -0.39 is 0 Å². The minimum Gasteiger partial charge on any atom is -0.367 e. The van der Waals surface area contributed by atoms with Crippen molar-refractivity contribution in [1.82, 2.24) is 15.2 Å². The second-order valence-electron chi connectivity index (χ2n) is 4.37. The predicted octanol–water partition coefficient (Wildman–Crippen LogP) is 0.684. The Labute approximate surface area is 116 Å². The fourth-order valence-corrected chi connectivity index (χ4v) is 2.79. The van der Waals surface area contributed by atoms with Crippen LogP contribution >= 0.6 is 23.7 Å². The molecular formula is C11H16ClN3O2S. The van der Waals surface area contributed by atoms with Crippen LogP contribution in [0.1, 0.15) is 11.1 Å². The van der Waals surface area contributed by atoms with E-state index in [1.807, 2.05) is 10.3 Å². The molecule has 2 fully saturated rings. The van der Waals surface area contributed by atoms with E-state index in [0.717, 1.165) is 18.1 Å². The first kappa shape index (κ1) is 13.7. The smallest absolute Gasteiger partial charge is 0.228 e. The molecule has 1 N–H and O–H groups in total. The molecule has 0 aromatic carbocycles. The summed E-state index contributed by atoms with van der Waals surface area (Å²) in [6, 6.07) is 0. The normalized spacial score (nSPS) is 24.2. The lowest BCUT2D eigenvalue weighted by molar-refractivity contribution is -0.144. The summed E-state index contributed by atoms with van der Waals surface area (Å²) < 4.78 is 5.67. The Morgan fingerprint density at radius 2 is 2.39 bits per heavy atom. The fraction of sp³-hybridized carbons (Fsp3) is 0.636. The number of morpholine rings is 1. The summed E-state index contributed by atoms with van der Waals surface area (Å²) in [4.78, 5) is 18.3. The van der Waals surface area contributed by atoms with Crippen LogP contribution in [-0.2, 0) is 9.53 Å². The van der Waals surface area contributed by atoms with Crippen LogP contribution in [0.15, 0.2) is 11.6 Å². The summed E-state index contributed by atoms with van der Waals surface area (Å²) in [6.07, 6.45) is 1.74. The van der Waals surface area contributed by atoms with Gasteiger partial charge in [0, 0.05) is 31.2 Å². The summed E-state index contributed by atoms with van der Waals surface area (Å²) >= 11 is 1.58. The number of amides is 1. The van der Waals surface area contributed by atoms with E-state index >= 15 is 0 Å². The monoisotopic (exact) mass is 289 g/mol. The molecule has 1 unspecified atom stereocenters. The van der Waals surface area contributed by atoms with Gasteiger partial charge in [0.2, 0.25) is 5.91 Å². The lowest BCUT2D eigenvalue weighted by Crippen LogP contribution is -2.54. The topological polar surface area (TPSA) is 54.5 Å². The predicted molar refractivity (Wildman–Crippen MR) is 71.0 cm³/mol. The first-order valence-electron chi connectivity index (χ1n) is 5.85. The third-order valence-corrected chi connectivity index (χ3v) is 4.10. The van der Waals surface area contributed by atoms with E-state index in [1.165, 1.54) is 0 Å². The van der Waals surface area contributed by atoms with E-state index in [4.69, 9.17) is 4.74 Å². The molecule has 3 heterocycles. The maximum atomic E-state index is 12.1. The second-order valence-corrected chi connectivity index (χ2v) is 5.30. The third-order valence-electron chi connectivity index (χ3n) is 3.24. The molecule has 5 nitrogen and oxygen atoms in total. The Hall–Kier alpha value is -0.690. The van der Waals surface area contributed by atoms with Crippen molar-refractivity contribution < 1.29 is 9.53 Å². The number of hydrogen-bond acceptors (Lipinski definition) is 5. The van der Waals surface area contributed by atoms with E-state index in [9.17, 15) is 4.79 Å². The minimum absolute atomic E-state index is 0. The number of nitrogens with zero attached hydrogens (tertiary/aromatic N) is 2. The number of ether oxygens (including phenoxy) is 1. The Balaban J connectivity index is 0.00000120. The van der Waals surface area contributed by atoms with Crippen LogP contribution in [0.5, 0.6) is 0 Å². The molecule has 2 saturated heterocycles. The Morgan fingerprint density at radius 3 is 3.00 bits per heavy atom. The van der Waals surface area contributed by atoms with Crippen molar-refractivity contribution in [1.29, 1.82) is 0 Å². The van der Waals surface area contributed by atoms with Gasteiger partial charge in [0.25, 0.3) is 0 Å². The number of halogens is 1. The molecule has 0 spiro atoms. The average molecular weight is 290 g/mol. The number of nitrogens with one attached hydrogen (secondary N) is 1. The zero-order valence-corrected chi connectivity index (χ0v) is 11.5. The molecule has 0 saturated carbocycles. The van der Waals surface area contributed by atoms with E-state index in [2.05, 4.69) is 10.3 Å². The fourth-order valence-electron chi connectivity index (χ4n) is 2.11. The molecule has 0 aliphatic carbocycles. The van der Waals surface area contributed by atoms with Crippen molar-refractivity contribution >= 4 is 29.7 Å². The van der Waals surface area contributed by atoms with Gasteiger partial charge >= 0.3 is 0 Å². The van der Waals surface area contributed by atoms with Crippen LogP contribution < -0.4 is 5.32 Å². The van der Waals surface area contributed by atoms with Gasteiger partial charge in [-0.05, 0) is 0 Å². The van der Waals surface area contributed by atoms with Crippen LogP contribution in [-0.4, -0.2) is 48.6 Å². The van der Waals surface area contributed by atoms with Crippen LogP contribution in [0, 0.1) is 5.92 Å². The highest BCUT2D eigenvalue weighted by atomic mass is 35.5. The van der Waals surface area contributed by atoms with Crippen molar-refractivity contribution in [3.8, 4) is 0 Å². The summed E-state index contributed by atoms with van der Waals surface area (Å²) in [5.41, 5.74) is 0. The molecule has 1 atom stereocenters. The molecule has 3 rings (SSSR count). The molecule has 18 heavy (non-hydrogen) atoms. The van der Waals surface area contributed by atoms with Crippen molar-refractivity contribution in [2.45, 2.75) is 6.10 Å². The van der Waals surface area contributed by atoms with E-state index in [0.29, 0.717) is 19.7 Å². The number of carbonyl (C=O) groups excluding carboxylic acids is 1. The van der Waals surface area contributed by atoms with Gasteiger partial charge in [0.15, 0.2) is 0 Å². The lowest BCUT2D eigenvalue weighted by atomic mass is 10.0. The van der Waals surface area contributed by atoms with Gasteiger partial charge in [-0.1, -0.05) is 0 Å². The first-order chi connectivity index (χ1) is 8.34. The van der Waals surface area contributed by atoms with Gasteiger partial charge in [0.1, 0.15) is 11.1 Å². The van der Waals surface area contributed by atoms with Crippen LogP contribution in [0.3, 0.4) is 0 Å². The van der Waals surface area contributed by atoms with Gasteiger partial charge in [-0.2, -0.15) is 0 Å². The number of aromatic nitrogens is 1. The first-order valence-corrected chi connectivity index (χ1v) is 6.73. The number of hydrogen-bond donors (Lipinski definition) is 1. The maximum absolute atomic E-state index is 12.1. The molecule has 1 amide bonds. The maximum Gasteiger partial charge on any atom is 0.228 e. The summed E-state index contributed by atoms with van der Waals surface area (Å²) in [6.45, 7) is 3.59. The van der Waals surface area contributed by atoms with E-state index in [1.54, 1.807) is 17.5 Å². The summed E-state index contributed by atoms with van der Waals surface area (Å²) in [5, 5.41) is 6.04. The highest BCUT2D eigenvalue weighted by Gasteiger charge is 2.33. The Morgan fingerprint density at radius 1 is 1.56 bits per heavy atom. The minimum atomic E-state index is -0.0410. The van der Waals surface area contributed by atoms with Crippen molar-refractivity contribution in [3.63, 3.8) is 0 Å². The molecular weight excluding hydrogens is 274 g/mol. The highest BCUT2D eigenvalue weighted by molar-refractivity contribution is 7.09. The third kappa shape index (κ3) is 2.66. The van der Waals surface area contributed by atoms with Crippen LogP contribution in [0.2, 0.25) is 0 Å². The van der Waals surface area contributed by atoms with Gasteiger partial charge in [0.05, 0.1) is 19.1 Å². The number of carbonyl (C=O) groups is 1. The Bertz CT molecular complexity index is 397. The SMILES string of the molecule is Cl.O=C(C1CNC1)N1CCOC(c2nccs2)C1. The van der Waals surface area contributed by atoms with Gasteiger partial charge in [-0.15, -0.1) is 23.7 Å². The van der Waals surface area contributed by atoms with Gasteiger partial charge in [-0.3, -0.25) is 4.79 Å². The molecule has 100 valence electrons. The van der Waals surface area contributed by atoms with Crippen molar-refractivity contribution in [2.75, 3.05) is 32.8 Å². The molecule has 1 aromatic heterocycles. The number of thiazole rings is 1. The second kappa shape index (κ2) is 5.97. The largest absolute Gasteiger partial charge is 0.367 e. The molecule has 0 radical (unpaired) electrons. The zero-order chi connectivity index (χ0) is 11.7. The standard InChI is InChI=1S/C11H15N3O2S.ClH/c15-11(8-5-12-6-8)14-2-3-16-9(7-14)10-13-1-4-17-10;/h1,4,8-9,12H,2-3,5-7H2;1H. The lowest BCUT2D eigenvalue weighted by Gasteiger charge is -2.37. The molecule has 2 aliphatic rings. The van der Waals surface area contributed by atoms with Gasteiger partial charge in [-0.25, -0.2) is 4.98 Å². The number of rotatable bonds is 2. The highest BCUT2D eigenvalue weighted by Crippen LogP contribution is 2.25. The molecule has 1 aromatic rings.